The van der Waals surface area contributed by atoms with E-state index in [0.717, 1.165) is 12.1 Å². The van der Waals surface area contributed by atoms with Crippen LogP contribution in [-0.4, -0.2) is 42.7 Å². The number of hydrogen-bond acceptors (Lipinski definition) is 8. The fourth-order valence-electron chi connectivity index (χ4n) is 3.58. The molecule has 0 spiro atoms. The molecule has 0 aliphatic heterocycles. The summed E-state index contributed by atoms with van der Waals surface area (Å²) in [7, 11) is -4.49. The number of aliphatic hydroxyl groups excluding tert-OH is 1. The Bertz CT molecular complexity index is 1170. The van der Waals surface area contributed by atoms with Crippen LogP contribution in [0.25, 0.3) is 11.2 Å². The number of benzene rings is 1. The maximum absolute atomic E-state index is 13.0. The number of rotatable bonds is 7. The van der Waals surface area contributed by atoms with Crippen LogP contribution in [0.4, 0.5) is 10.3 Å². The summed E-state index contributed by atoms with van der Waals surface area (Å²) >= 11 is 0. The van der Waals surface area contributed by atoms with E-state index in [0.29, 0.717) is 6.42 Å². The highest BCUT2D eigenvalue weighted by atomic mass is 31.2. The van der Waals surface area contributed by atoms with Gasteiger partial charge in [-0.15, -0.1) is 0 Å². The number of hydrogen-bond donors (Lipinski definition) is 4. The predicted molar refractivity (Wildman–Crippen MR) is 103 cm³/mol. The van der Waals surface area contributed by atoms with Crippen molar-refractivity contribution in [2.24, 2.45) is 11.8 Å². The number of nitrogens with zero attached hydrogens (tertiary/aromatic N) is 3. The number of fused-ring (bicyclic) bond motifs is 1. The van der Waals surface area contributed by atoms with Gasteiger partial charge in [0, 0.05) is 18.6 Å². The number of anilines is 1. The van der Waals surface area contributed by atoms with Crippen molar-refractivity contribution in [3.05, 3.63) is 46.8 Å². The van der Waals surface area contributed by atoms with Gasteiger partial charge in [-0.05, 0) is 36.6 Å². The van der Waals surface area contributed by atoms with Crippen LogP contribution < -0.4 is 15.8 Å². The van der Waals surface area contributed by atoms with Gasteiger partial charge in [0.15, 0.2) is 11.2 Å². The van der Waals surface area contributed by atoms with Gasteiger partial charge in [-0.25, -0.2) is 13.9 Å². The van der Waals surface area contributed by atoms with Crippen molar-refractivity contribution in [3.8, 4) is 5.75 Å². The number of aliphatic hydroxyl groups is 1. The Kier molecular flexibility index (Phi) is 5.33. The number of phosphoric ester groups is 1. The molecule has 11 nitrogen and oxygen atoms in total. The van der Waals surface area contributed by atoms with Crippen LogP contribution >= 0.6 is 7.82 Å². The second-order valence-corrected chi connectivity index (χ2v) is 8.37. The smallest absolute Gasteiger partial charge is 0.404 e. The first-order chi connectivity index (χ1) is 14.3. The molecule has 1 saturated carbocycles. The number of imidazole rings is 1. The van der Waals surface area contributed by atoms with E-state index < -0.39 is 19.2 Å². The lowest BCUT2D eigenvalue weighted by Crippen LogP contribution is -2.43. The van der Waals surface area contributed by atoms with E-state index in [1.54, 1.807) is 4.57 Å². The summed E-state index contributed by atoms with van der Waals surface area (Å²) in [6.45, 7) is -0.356. The van der Waals surface area contributed by atoms with E-state index in [1.807, 2.05) is 0 Å². The van der Waals surface area contributed by atoms with Crippen LogP contribution in [-0.2, 0) is 9.09 Å². The SMILES string of the molecule is Nc1nc2c(ncn2[C@@H]2C[C@H](CO)[C@@H]2COP(=O)(O)Oc2ccc(F)cc2)c(=O)[nH]1. The van der Waals surface area contributed by atoms with Crippen molar-refractivity contribution >= 4 is 24.9 Å². The number of aromatic nitrogens is 4. The first-order valence-electron chi connectivity index (χ1n) is 9.03. The zero-order valence-electron chi connectivity index (χ0n) is 15.5. The minimum absolute atomic E-state index is 0.0226. The van der Waals surface area contributed by atoms with Gasteiger partial charge in [0.25, 0.3) is 5.56 Å². The molecule has 0 amide bonds. The van der Waals surface area contributed by atoms with Gasteiger partial charge in [-0.1, -0.05) is 0 Å². The van der Waals surface area contributed by atoms with Crippen molar-refractivity contribution in [1.29, 1.82) is 0 Å². The zero-order valence-corrected chi connectivity index (χ0v) is 16.4. The fraction of sp³-hybridized carbons (Fsp3) is 0.353. The lowest BCUT2D eigenvalue weighted by molar-refractivity contribution is -0.00476. The van der Waals surface area contributed by atoms with Crippen molar-refractivity contribution in [1.82, 2.24) is 19.5 Å². The molecule has 5 N–H and O–H groups in total. The number of halogens is 1. The maximum Gasteiger partial charge on any atom is 0.527 e. The molecule has 2 heterocycles. The molecule has 1 aromatic carbocycles. The second kappa shape index (κ2) is 7.80. The molecular weight excluding hydrogens is 420 g/mol. The highest BCUT2D eigenvalue weighted by Crippen LogP contribution is 2.50. The third kappa shape index (κ3) is 3.94. The third-order valence-electron chi connectivity index (χ3n) is 5.15. The Morgan fingerprint density at radius 2 is 2.10 bits per heavy atom. The van der Waals surface area contributed by atoms with Gasteiger partial charge in [-0.3, -0.25) is 19.2 Å². The average Bonchev–Trinajstić information content (AvgIpc) is 3.07. The molecule has 0 radical (unpaired) electrons. The molecule has 1 unspecified atom stereocenters. The van der Waals surface area contributed by atoms with Gasteiger partial charge in [0.2, 0.25) is 5.95 Å². The van der Waals surface area contributed by atoms with Gasteiger partial charge in [0.05, 0.1) is 12.9 Å². The molecule has 2 aromatic heterocycles. The van der Waals surface area contributed by atoms with Gasteiger partial charge >= 0.3 is 7.82 Å². The van der Waals surface area contributed by atoms with E-state index in [4.69, 9.17) is 14.8 Å². The van der Waals surface area contributed by atoms with E-state index in [2.05, 4.69) is 15.0 Å². The zero-order chi connectivity index (χ0) is 21.5. The maximum atomic E-state index is 13.0. The van der Waals surface area contributed by atoms with Crippen LogP contribution in [0.3, 0.4) is 0 Å². The summed E-state index contributed by atoms with van der Waals surface area (Å²) in [6, 6.07) is 4.30. The average molecular weight is 439 g/mol. The molecule has 1 fully saturated rings. The summed E-state index contributed by atoms with van der Waals surface area (Å²) in [6.07, 6.45) is 1.96. The summed E-state index contributed by atoms with van der Waals surface area (Å²) in [5.74, 6) is -1.16. The number of aromatic amines is 1. The number of nitrogen functional groups attached to an aromatic ring is 1. The van der Waals surface area contributed by atoms with Gasteiger partial charge in [-0.2, -0.15) is 4.98 Å². The third-order valence-corrected chi connectivity index (χ3v) is 6.07. The standard InChI is InChI=1S/C17H19FN5O6P/c18-10-1-3-11(4-2-10)29-30(26,27)28-7-12-9(6-24)5-13(12)23-8-20-14-15(23)21-17(19)22-16(14)25/h1-4,8-9,12-13,24H,5-7H2,(H,26,27)(H3,19,21,22,25)/t9-,12+,13-/m1/s1. The first kappa shape index (κ1) is 20.5. The summed E-state index contributed by atoms with van der Waals surface area (Å²) < 4.78 is 36.9. The molecule has 1 aliphatic carbocycles. The Labute approximate surface area is 168 Å². The number of nitrogens with two attached hydrogens (primary N) is 1. The number of nitrogens with one attached hydrogen (secondary N) is 1. The number of H-pyrrole nitrogens is 1. The van der Waals surface area contributed by atoms with Crippen LogP contribution in [0, 0.1) is 17.7 Å². The quantitative estimate of drug-likeness (QED) is 0.396. The Morgan fingerprint density at radius 3 is 2.80 bits per heavy atom. The van der Waals surface area contributed by atoms with Crippen molar-refractivity contribution < 1.29 is 28.0 Å². The predicted octanol–water partition coefficient (Wildman–Crippen LogP) is 1.21. The van der Waals surface area contributed by atoms with E-state index in [1.165, 1.54) is 18.5 Å². The second-order valence-electron chi connectivity index (χ2n) is 6.99. The largest absolute Gasteiger partial charge is 0.527 e. The minimum atomic E-state index is -4.49. The molecule has 160 valence electrons. The van der Waals surface area contributed by atoms with Gasteiger partial charge in [0.1, 0.15) is 11.6 Å². The minimum Gasteiger partial charge on any atom is -0.404 e. The van der Waals surface area contributed by atoms with Crippen molar-refractivity contribution in [2.45, 2.75) is 12.5 Å². The Hall–Kier alpha value is -2.79. The van der Waals surface area contributed by atoms with E-state index in [9.17, 15) is 23.7 Å². The molecule has 4 atom stereocenters. The molecule has 4 rings (SSSR count). The normalized spacial score (nSPS) is 23.1. The topological polar surface area (TPSA) is 166 Å². The van der Waals surface area contributed by atoms with Crippen molar-refractivity contribution in [2.75, 3.05) is 18.9 Å². The van der Waals surface area contributed by atoms with Crippen LogP contribution in [0.1, 0.15) is 12.5 Å². The highest BCUT2D eigenvalue weighted by molar-refractivity contribution is 7.47. The van der Waals surface area contributed by atoms with Crippen LogP contribution in [0.5, 0.6) is 5.75 Å². The Balaban J connectivity index is 1.50. The molecule has 30 heavy (non-hydrogen) atoms. The first-order valence-corrected chi connectivity index (χ1v) is 10.5. The fourth-order valence-corrected chi connectivity index (χ4v) is 4.38. The highest BCUT2D eigenvalue weighted by Gasteiger charge is 2.44. The van der Waals surface area contributed by atoms with E-state index in [-0.39, 0.29) is 54.0 Å². The lowest BCUT2D eigenvalue weighted by atomic mass is 9.70. The van der Waals surface area contributed by atoms with E-state index >= 15 is 0 Å². The Morgan fingerprint density at radius 1 is 1.37 bits per heavy atom. The van der Waals surface area contributed by atoms with Crippen molar-refractivity contribution in [3.63, 3.8) is 0 Å². The molecule has 0 saturated heterocycles. The number of phosphoric acid groups is 1. The summed E-state index contributed by atoms with van der Waals surface area (Å²) in [5, 5.41) is 9.59. The summed E-state index contributed by atoms with van der Waals surface area (Å²) in [5.41, 5.74) is 5.53. The van der Waals surface area contributed by atoms with Crippen LogP contribution in [0.15, 0.2) is 35.4 Å². The van der Waals surface area contributed by atoms with Gasteiger partial charge < -0.3 is 19.9 Å². The molecule has 3 aromatic rings. The molecule has 1 aliphatic rings. The molecule has 13 heteroatoms. The van der Waals surface area contributed by atoms with Crippen LogP contribution in [0.2, 0.25) is 0 Å². The molecular formula is C17H19FN5O6P. The monoisotopic (exact) mass is 439 g/mol. The summed E-state index contributed by atoms with van der Waals surface area (Å²) in [4.78, 5) is 32.5. The lowest BCUT2D eigenvalue weighted by Gasteiger charge is -2.44. The molecule has 0 bridgehead atoms.